The van der Waals surface area contributed by atoms with Gasteiger partial charge in [-0.15, -0.1) is 0 Å². The van der Waals surface area contributed by atoms with Crippen LogP contribution in [0.25, 0.3) is 0 Å². The monoisotopic (exact) mass is 528 g/mol. The first kappa shape index (κ1) is 29.3. The predicted molar refractivity (Wildman–Crippen MR) is 121 cm³/mol. The minimum Gasteiger partial charge on any atom is -0.480 e. The summed E-state index contributed by atoms with van der Waals surface area (Å²) in [7, 11) is 0. The summed E-state index contributed by atoms with van der Waals surface area (Å²) < 4.78 is 38.3. The number of hydrogen-bond acceptors (Lipinski definition) is 6. The van der Waals surface area contributed by atoms with Crippen molar-refractivity contribution in [1.29, 1.82) is 0 Å². The van der Waals surface area contributed by atoms with Crippen LogP contribution in [0.5, 0.6) is 0 Å². The van der Waals surface area contributed by atoms with Crippen LogP contribution in [-0.4, -0.2) is 82.8 Å². The minimum absolute atomic E-state index is 0.0987. The van der Waals surface area contributed by atoms with Crippen molar-refractivity contribution >= 4 is 35.4 Å². The molecule has 3 atom stereocenters. The Labute approximate surface area is 209 Å². The van der Waals surface area contributed by atoms with Crippen LogP contribution in [-0.2, 0) is 19.2 Å². The molecule has 1 saturated heterocycles. The SMILES string of the molecule is CCC(NC(=O)[C@@H]1CCCN1C(=O)C(C)NC(=O)c1ccc(C(=O)NCC(=O)O)cc1)C(=O)C(F)(F)F. The predicted octanol–water partition coefficient (Wildman–Crippen LogP) is 0.637. The maximum Gasteiger partial charge on any atom is 0.452 e. The van der Waals surface area contributed by atoms with Gasteiger partial charge in [0.05, 0.1) is 6.04 Å². The number of nitrogens with zero attached hydrogens (tertiary/aromatic N) is 1. The number of alkyl halides is 3. The highest BCUT2D eigenvalue weighted by molar-refractivity contribution is 6.01. The standard InChI is InChI=1S/C23H27F3N4O7/c1-3-15(18(33)23(24,25)26)29-21(36)16-5-4-10-30(16)22(37)12(2)28-20(35)14-8-6-13(7-9-14)19(34)27-11-17(31)32/h6-9,12,15-16H,3-5,10-11H2,1-2H3,(H,27,34)(H,28,35)(H,29,36)(H,31,32)/t12?,15?,16-/m0/s1. The molecule has 0 saturated carbocycles. The number of likely N-dealkylation sites (tertiary alicyclic amines) is 1. The molecule has 4 N–H and O–H groups in total. The molecule has 0 aromatic heterocycles. The van der Waals surface area contributed by atoms with Gasteiger partial charge in [-0.05, 0) is 50.5 Å². The first-order valence-corrected chi connectivity index (χ1v) is 11.4. The molecule has 2 rings (SSSR count). The molecule has 1 heterocycles. The Morgan fingerprint density at radius 2 is 1.59 bits per heavy atom. The average Bonchev–Trinajstić information content (AvgIpc) is 3.34. The summed E-state index contributed by atoms with van der Waals surface area (Å²) in [6, 6.07) is 1.24. The fraction of sp³-hybridized carbons (Fsp3) is 0.478. The van der Waals surface area contributed by atoms with Gasteiger partial charge in [-0.2, -0.15) is 13.2 Å². The largest absolute Gasteiger partial charge is 0.480 e. The smallest absolute Gasteiger partial charge is 0.452 e. The molecule has 0 bridgehead atoms. The molecule has 37 heavy (non-hydrogen) atoms. The number of hydrogen-bond donors (Lipinski definition) is 4. The van der Waals surface area contributed by atoms with Crippen molar-refractivity contribution in [3.8, 4) is 0 Å². The van der Waals surface area contributed by atoms with Gasteiger partial charge in [-0.1, -0.05) is 6.92 Å². The highest BCUT2D eigenvalue weighted by Crippen LogP contribution is 2.22. The van der Waals surface area contributed by atoms with E-state index in [1.54, 1.807) is 0 Å². The van der Waals surface area contributed by atoms with Crippen LogP contribution in [0, 0.1) is 0 Å². The summed E-state index contributed by atoms with van der Waals surface area (Å²) in [4.78, 5) is 73.2. The zero-order valence-corrected chi connectivity index (χ0v) is 20.1. The lowest BCUT2D eigenvalue weighted by molar-refractivity contribution is -0.174. The van der Waals surface area contributed by atoms with E-state index in [-0.39, 0.29) is 30.5 Å². The van der Waals surface area contributed by atoms with Crippen LogP contribution >= 0.6 is 0 Å². The number of Topliss-reactive ketones (excluding diaryl/α,β-unsaturated/α-hetero) is 1. The molecule has 1 aromatic rings. The number of carbonyl (C=O) groups is 6. The van der Waals surface area contributed by atoms with Gasteiger partial charge in [0.1, 0.15) is 18.6 Å². The number of benzene rings is 1. The van der Waals surface area contributed by atoms with Crippen molar-refractivity contribution in [3.63, 3.8) is 0 Å². The summed E-state index contributed by atoms with van der Waals surface area (Å²) in [5.41, 5.74) is 0.212. The van der Waals surface area contributed by atoms with E-state index in [1.165, 1.54) is 38.1 Å². The Balaban J connectivity index is 2.00. The van der Waals surface area contributed by atoms with E-state index in [0.29, 0.717) is 6.42 Å². The van der Waals surface area contributed by atoms with Gasteiger partial charge in [-0.3, -0.25) is 28.8 Å². The Kier molecular flexibility index (Phi) is 9.74. The summed E-state index contributed by atoms with van der Waals surface area (Å²) in [6.45, 7) is 2.26. The van der Waals surface area contributed by atoms with E-state index in [2.05, 4.69) is 16.0 Å². The number of aliphatic carboxylic acids is 1. The van der Waals surface area contributed by atoms with Crippen molar-refractivity contribution in [1.82, 2.24) is 20.9 Å². The average molecular weight is 528 g/mol. The maximum absolute atomic E-state index is 12.9. The van der Waals surface area contributed by atoms with Crippen LogP contribution in [0.3, 0.4) is 0 Å². The number of nitrogens with one attached hydrogen (secondary N) is 3. The first-order chi connectivity index (χ1) is 17.3. The Morgan fingerprint density at radius 3 is 2.11 bits per heavy atom. The summed E-state index contributed by atoms with van der Waals surface area (Å²) in [5.74, 6) is -6.14. The molecule has 202 valence electrons. The Bertz CT molecular complexity index is 1060. The molecule has 2 unspecified atom stereocenters. The van der Waals surface area contributed by atoms with Crippen molar-refractivity contribution in [2.45, 2.75) is 57.4 Å². The number of halogens is 3. The number of amides is 4. The van der Waals surface area contributed by atoms with Crippen LogP contribution in [0.2, 0.25) is 0 Å². The van der Waals surface area contributed by atoms with Gasteiger partial charge in [0, 0.05) is 17.7 Å². The van der Waals surface area contributed by atoms with Gasteiger partial charge in [0.2, 0.25) is 11.8 Å². The van der Waals surface area contributed by atoms with E-state index < -0.39 is 66.2 Å². The second-order valence-corrected chi connectivity index (χ2v) is 8.37. The molecule has 0 aliphatic carbocycles. The van der Waals surface area contributed by atoms with Gasteiger partial charge in [0.25, 0.3) is 17.6 Å². The number of carboxylic acids is 1. The molecular weight excluding hydrogens is 501 g/mol. The highest BCUT2D eigenvalue weighted by atomic mass is 19.4. The molecule has 1 fully saturated rings. The highest BCUT2D eigenvalue weighted by Gasteiger charge is 2.44. The molecule has 0 radical (unpaired) electrons. The van der Waals surface area contributed by atoms with Crippen molar-refractivity contribution < 1.29 is 47.0 Å². The van der Waals surface area contributed by atoms with Gasteiger partial charge in [-0.25, -0.2) is 0 Å². The summed E-state index contributed by atoms with van der Waals surface area (Å²) in [6.07, 6.45) is -4.81. The lowest BCUT2D eigenvalue weighted by Crippen LogP contribution is -2.55. The molecule has 0 spiro atoms. The summed E-state index contributed by atoms with van der Waals surface area (Å²) >= 11 is 0. The molecule has 11 nitrogen and oxygen atoms in total. The quantitative estimate of drug-likeness (QED) is 0.346. The zero-order chi connectivity index (χ0) is 27.9. The number of rotatable bonds is 10. The maximum atomic E-state index is 12.9. The first-order valence-electron chi connectivity index (χ1n) is 11.4. The summed E-state index contributed by atoms with van der Waals surface area (Å²) in [5, 5.41) is 15.3. The second-order valence-electron chi connectivity index (χ2n) is 8.37. The number of ketones is 1. The fourth-order valence-corrected chi connectivity index (χ4v) is 3.74. The van der Waals surface area contributed by atoms with Crippen LogP contribution in [0.1, 0.15) is 53.8 Å². The minimum atomic E-state index is -5.11. The van der Waals surface area contributed by atoms with Crippen LogP contribution in [0.4, 0.5) is 13.2 Å². The third-order valence-electron chi connectivity index (χ3n) is 5.69. The Morgan fingerprint density at radius 1 is 1.03 bits per heavy atom. The topological polar surface area (TPSA) is 162 Å². The van der Waals surface area contributed by atoms with Gasteiger partial charge in [0.15, 0.2) is 0 Å². The molecule has 4 amide bonds. The van der Waals surface area contributed by atoms with E-state index in [4.69, 9.17) is 5.11 Å². The van der Waals surface area contributed by atoms with Gasteiger partial charge < -0.3 is 26.0 Å². The van der Waals surface area contributed by atoms with E-state index >= 15 is 0 Å². The fourth-order valence-electron chi connectivity index (χ4n) is 3.74. The van der Waals surface area contributed by atoms with Crippen LogP contribution < -0.4 is 16.0 Å². The van der Waals surface area contributed by atoms with Crippen LogP contribution in [0.15, 0.2) is 24.3 Å². The number of carbonyl (C=O) groups excluding carboxylic acids is 5. The zero-order valence-electron chi connectivity index (χ0n) is 20.1. The van der Waals surface area contributed by atoms with E-state index in [1.807, 2.05) is 0 Å². The third kappa shape index (κ3) is 7.75. The molecule has 1 aliphatic heterocycles. The Hall–Kier alpha value is -3.97. The lowest BCUT2D eigenvalue weighted by Gasteiger charge is -2.28. The molecule has 1 aromatic carbocycles. The van der Waals surface area contributed by atoms with E-state index in [9.17, 15) is 41.9 Å². The van der Waals surface area contributed by atoms with Crippen molar-refractivity contribution in [2.24, 2.45) is 0 Å². The normalized spacial score (nSPS) is 16.9. The molecule has 14 heteroatoms. The number of carboxylic acid groups (broad SMARTS) is 1. The van der Waals surface area contributed by atoms with E-state index in [0.717, 1.165) is 4.90 Å². The second kappa shape index (κ2) is 12.3. The molecule has 1 aliphatic rings. The van der Waals surface area contributed by atoms with Gasteiger partial charge >= 0.3 is 12.1 Å². The third-order valence-corrected chi connectivity index (χ3v) is 5.69. The van der Waals surface area contributed by atoms with Crippen molar-refractivity contribution in [3.05, 3.63) is 35.4 Å². The lowest BCUT2D eigenvalue weighted by atomic mass is 10.1. The van der Waals surface area contributed by atoms with Crippen molar-refractivity contribution in [2.75, 3.05) is 13.1 Å². The molecular formula is C23H27F3N4O7.